The molecule has 2 aromatic heterocycles. The second kappa shape index (κ2) is 5.69. The summed E-state index contributed by atoms with van der Waals surface area (Å²) in [5.41, 5.74) is 2.29. The molecule has 4 rings (SSSR count). The van der Waals surface area contributed by atoms with Crippen molar-refractivity contribution in [1.29, 1.82) is 0 Å². The molecule has 0 bridgehead atoms. The van der Waals surface area contributed by atoms with Crippen molar-refractivity contribution in [2.45, 2.75) is 57.2 Å². The van der Waals surface area contributed by atoms with E-state index in [1.54, 1.807) is 4.68 Å². The maximum atomic E-state index is 6.43. The number of hydrogen-bond donors (Lipinski definition) is 1. The van der Waals surface area contributed by atoms with Crippen LogP contribution in [0.3, 0.4) is 0 Å². The Balaban J connectivity index is 1.71. The minimum Gasteiger partial charge on any atom is -0.370 e. The molecule has 1 saturated heterocycles. The Kier molecular flexibility index (Phi) is 3.78. The Morgan fingerprint density at radius 1 is 1.48 bits per heavy atom. The number of rotatable bonds is 2. The van der Waals surface area contributed by atoms with Crippen molar-refractivity contribution in [2.75, 3.05) is 6.61 Å². The third-order valence-electron chi connectivity index (χ3n) is 5.04. The second-order valence-electron chi connectivity index (χ2n) is 6.84. The van der Waals surface area contributed by atoms with Crippen LogP contribution in [0.5, 0.6) is 0 Å². The molecule has 23 heavy (non-hydrogen) atoms. The van der Waals surface area contributed by atoms with Crippen molar-refractivity contribution in [3.8, 4) is 0 Å². The SMILES string of the molecule is CCc1cc2c(s1)CCO[C@@]21C[C@@H](c2cn(C)nn2)N[C@@H](C)C1. The van der Waals surface area contributed by atoms with Crippen LogP contribution >= 0.6 is 11.3 Å². The summed E-state index contributed by atoms with van der Waals surface area (Å²) in [5, 5.41) is 12.1. The molecule has 1 N–H and O–H groups in total. The molecule has 0 unspecified atom stereocenters. The van der Waals surface area contributed by atoms with Gasteiger partial charge in [0.25, 0.3) is 0 Å². The van der Waals surface area contributed by atoms with Gasteiger partial charge in [0, 0.05) is 41.9 Å². The Morgan fingerprint density at radius 2 is 2.35 bits per heavy atom. The smallest absolute Gasteiger partial charge is 0.0997 e. The fourth-order valence-electron chi connectivity index (χ4n) is 4.07. The Hall–Kier alpha value is -1.24. The fraction of sp³-hybridized carbons (Fsp3) is 0.647. The van der Waals surface area contributed by atoms with Crippen LogP contribution in [0.1, 0.15) is 53.7 Å². The predicted molar refractivity (Wildman–Crippen MR) is 90.6 cm³/mol. The number of thiophene rings is 1. The maximum Gasteiger partial charge on any atom is 0.0997 e. The minimum absolute atomic E-state index is 0.162. The first-order chi connectivity index (χ1) is 11.1. The highest BCUT2D eigenvalue weighted by Gasteiger charge is 2.46. The Bertz CT molecular complexity index is 709. The summed E-state index contributed by atoms with van der Waals surface area (Å²) in [6, 6.07) is 2.99. The van der Waals surface area contributed by atoms with Crippen LogP contribution in [0.15, 0.2) is 12.3 Å². The number of aromatic nitrogens is 3. The second-order valence-corrected chi connectivity index (χ2v) is 8.06. The van der Waals surface area contributed by atoms with Crippen molar-refractivity contribution < 1.29 is 4.74 Å². The number of hydrogen-bond acceptors (Lipinski definition) is 5. The highest BCUT2D eigenvalue weighted by atomic mass is 32.1. The van der Waals surface area contributed by atoms with Crippen LogP contribution in [-0.4, -0.2) is 27.6 Å². The molecule has 2 aliphatic rings. The lowest BCUT2D eigenvalue weighted by Gasteiger charge is -2.46. The third-order valence-corrected chi connectivity index (χ3v) is 6.38. The van der Waals surface area contributed by atoms with Gasteiger partial charge in [-0.3, -0.25) is 4.68 Å². The van der Waals surface area contributed by atoms with Crippen molar-refractivity contribution in [2.24, 2.45) is 7.05 Å². The van der Waals surface area contributed by atoms with Gasteiger partial charge in [-0.2, -0.15) is 0 Å². The molecule has 0 saturated carbocycles. The first-order valence-corrected chi connectivity index (χ1v) is 9.29. The number of fused-ring (bicyclic) bond motifs is 2. The zero-order valence-electron chi connectivity index (χ0n) is 14.0. The largest absolute Gasteiger partial charge is 0.370 e. The van der Waals surface area contributed by atoms with Gasteiger partial charge in [-0.25, -0.2) is 0 Å². The molecule has 0 radical (unpaired) electrons. The van der Waals surface area contributed by atoms with Crippen molar-refractivity contribution in [1.82, 2.24) is 20.3 Å². The van der Waals surface area contributed by atoms with Crippen molar-refractivity contribution in [3.05, 3.63) is 33.3 Å². The molecule has 1 spiro atoms. The summed E-state index contributed by atoms with van der Waals surface area (Å²) in [6.07, 6.45) is 6.13. The third kappa shape index (κ3) is 2.62. The lowest BCUT2D eigenvalue weighted by atomic mass is 9.76. The van der Waals surface area contributed by atoms with Gasteiger partial charge in [-0.1, -0.05) is 12.1 Å². The molecule has 0 aliphatic carbocycles. The van der Waals surface area contributed by atoms with E-state index >= 15 is 0 Å². The van der Waals surface area contributed by atoms with Crippen LogP contribution in [0.2, 0.25) is 0 Å². The molecule has 1 fully saturated rings. The zero-order valence-corrected chi connectivity index (χ0v) is 14.8. The maximum absolute atomic E-state index is 6.43. The quantitative estimate of drug-likeness (QED) is 0.919. The molecule has 0 amide bonds. The van der Waals surface area contributed by atoms with Gasteiger partial charge >= 0.3 is 0 Å². The molecule has 4 heterocycles. The van der Waals surface area contributed by atoms with E-state index in [9.17, 15) is 0 Å². The molecule has 124 valence electrons. The molecule has 5 nitrogen and oxygen atoms in total. The predicted octanol–water partition coefficient (Wildman–Crippen LogP) is 2.72. The van der Waals surface area contributed by atoms with Crippen LogP contribution < -0.4 is 5.32 Å². The van der Waals surface area contributed by atoms with Gasteiger partial charge in [0.05, 0.1) is 23.9 Å². The number of aryl methyl sites for hydroxylation is 2. The van der Waals surface area contributed by atoms with E-state index in [2.05, 4.69) is 35.5 Å². The van der Waals surface area contributed by atoms with Crippen LogP contribution in [-0.2, 0) is 30.2 Å². The fourth-order valence-corrected chi connectivity index (χ4v) is 5.25. The van der Waals surface area contributed by atoms with E-state index in [0.717, 1.165) is 38.0 Å². The first-order valence-electron chi connectivity index (χ1n) is 8.48. The molecule has 2 aromatic rings. The Labute approximate surface area is 141 Å². The topological polar surface area (TPSA) is 52.0 Å². The lowest BCUT2D eigenvalue weighted by Crippen LogP contribution is -2.49. The minimum atomic E-state index is -0.162. The van der Waals surface area contributed by atoms with E-state index in [4.69, 9.17) is 4.74 Å². The van der Waals surface area contributed by atoms with Gasteiger partial charge in [0.1, 0.15) is 0 Å². The zero-order chi connectivity index (χ0) is 16.0. The lowest BCUT2D eigenvalue weighted by molar-refractivity contribution is -0.0978. The van der Waals surface area contributed by atoms with Crippen molar-refractivity contribution >= 4 is 11.3 Å². The van der Waals surface area contributed by atoms with E-state index < -0.39 is 0 Å². The summed E-state index contributed by atoms with van der Waals surface area (Å²) >= 11 is 1.97. The first kappa shape index (κ1) is 15.3. The summed E-state index contributed by atoms with van der Waals surface area (Å²) < 4.78 is 8.21. The van der Waals surface area contributed by atoms with Crippen molar-refractivity contribution in [3.63, 3.8) is 0 Å². The normalized spacial score (nSPS) is 30.6. The highest BCUT2D eigenvalue weighted by molar-refractivity contribution is 7.12. The van der Waals surface area contributed by atoms with E-state index in [0.29, 0.717) is 6.04 Å². The van der Waals surface area contributed by atoms with Crippen LogP contribution in [0.4, 0.5) is 0 Å². The summed E-state index contributed by atoms with van der Waals surface area (Å²) in [7, 11) is 1.92. The molecular weight excluding hydrogens is 308 g/mol. The summed E-state index contributed by atoms with van der Waals surface area (Å²) in [6.45, 7) is 5.31. The van der Waals surface area contributed by atoms with Crippen LogP contribution in [0.25, 0.3) is 0 Å². The van der Waals surface area contributed by atoms with Gasteiger partial charge in [0.15, 0.2) is 0 Å². The molecule has 3 atom stereocenters. The van der Waals surface area contributed by atoms with E-state index in [-0.39, 0.29) is 11.6 Å². The monoisotopic (exact) mass is 332 g/mol. The van der Waals surface area contributed by atoms with Gasteiger partial charge in [-0.15, -0.1) is 16.4 Å². The average Bonchev–Trinajstić information content (AvgIpc) is 3.13. The van der Waals surface area contributed by atoms with Gasteiger partial charge < -0.3 is 10.1 Å². The summed E-state index contributed by atoms with van der Waals surface area (Å²) in [5.74, 6) is 0. The molecule has 0 aromatic carbocycles. The van der Waals surface area contributed by atoms with Crippen LogP contribution in [0, 0.1) is 0 Å². The molecule has 2 aliphatic heterocycles. The number of ether oxygens (including phenoxy) is 1. The molecule has 6 heteroatoms. The van der Waals surface area contributed by atoms with E-state index in [1.165, 1.54) is 15.3 Å². The standard InChI is InChI=1S/C17H24N4OS/c1-4-12-7-13-16(23-12)5-6-22-17(13)8-11(2)18-14(9-17)15-10-21(3)20-19-15/h7,10-11,14,18H,4-6,8-9H2,1-3H3/t11-,14-,17-/m0/s1. The number of nitrogens with zero attached hydrogens (tertiary/aromatic N) is 3. The average molecular weight is 332 g/mol. The van der Waals surface area contributed by atoms with E-state index in [1.807, 2.05) is 24.6 Å². The van der Waals surface area contributed by atoms with Gasteiger partial charge in [-0.05, 0) is 31.4 Å². The Morgan fingerprint density at radius 3 is 3.09 bits per heavy atom. The van der Waals surface area contributed by atoms with Gasteiger partial charge in [0.2, 0.25) is 0 Å². The number of nitrogens with one attached hydrogen (secondary N) is 1. The number of piperidine rings is 1. The molecular formula is C17H24N4OS. The highest BCUT2D eigenvalue weighted by Crippen LogP contribution is 2.48. The summed E-state index contributed by atoms with van der Waals surface area (Å²) in [4.78, 5) is 3.00.